The lowest BCUT2D eigenvalue weighted by molar-refractivity contribution is -0.112. The summed E-state index contributed by atoms with van der Waals surface area (Å²) in [6.07, 6.45) is 2.47. The minimum absolute atomic E-state index is 0.00520. The zero-order valence-corrected chi connectivity index (χ0v) is 18.2. The van der Waals surface area contributed by atoms with Gasteiger partial charge >= 0.3 is 0 Å². The fraction of sp³-hybridized carbons (Fsp3) is 0.174. The number of carbonyl (C=O) groups excluding carboxylic acids is 1. The molecule has 1 N–H and O–H groups in total. The van der Waals surface area contributed by atoms with Gasteiger partial charge in [0, 0.05) is 15.5 Å². The van der Waals surface area contributed by atoms with Crippen molar-refractivity contribution in [3.05, 3.63) is 69.6 Å². The number of nitrogens with zero attached hydrogens (tertiary/aromatic N) is 2. The van der Waals surface area contributed by atoms with Gasteiger partial charge in [0.15, 0.2) is 5.13 Å². The number of ether oxygens (including phenoxy) is 1. The minimum Gasteiger partial charge on any atom is -0.494 e. The number of thiazole rings is 1. The molecule has 30 heavy (non-hydrogen) atoms. The molecule has 0 saturated carbocycles. The molecule has 3 rings (SSSR count). The normalized spacial score (nSPS) is 11.1. The zero-order valence-electron chi connectivity index (χ0n) is 16.6. The van der Waals surface area contributed by atoms with E-state index in [0.29, 0.717) is 16.8 Å². The fourth-order valence-electron chi connectivity index (χ4n) is 2.71. The molecule has 0 bridgehead atoms. The van der Waals surface area contributed by atoms with Gasteiger partial charge in [-0.2, -0.15) is 5.26 Å². The summed E-state index contributed by atoms with van der Waals surface area (Å²) in [7, 11) is 0. The van der Waals surface area contributed by atoms with Gasteiger partial charge in [0.2, 0.25) is 0 Å². The van der Waals surface area contributed by atoms with Crippen LogP contribution in [-0.4, -0.2) is 17.5 Å². The van der Waals surface area contributed by atoms with Crippen molar-refractivity contribution in [1.29, 1.82) is 5.26 Å². The number of aryl methyl sites for hydroxylation is 1. The summed E-state index contributed by atoms with van der Waals surface area (Å²) < 4.78 is 5.55. The highest BCUT2D eigenvalue weighted by Gasteiger charge is 2.15. The molecule has 2 aromatic carbocycles. The third-order valence-corrected chi connectivity index (χ3v) is 5.27. The molecule has 3 aromatic rings. The highest BCUT2D eigenvalue weighted by molar-refractivity contribution is 7.16. The van der Waals surface area contributed by atoms with Gasteiger partial charge in [-0.15, -0.1) is 11.3 Å². The monoisotopic (exact) mass is 437 g/mol. The number of halogens is 1. The second kappa shape index (κ2) is 10.1. The van der Waals surface area contributed by atoms with Crippen LogP contribution in [0.25, 0.3) is 17.3 Å². The third kappa shape index (κ3) is 5.47. The number of anilines is 1. The maximum atomic E-state index is 12.6. The van der Waals surface area contributed by atoms with Crippen LogP contribution < -0.4 is 10.1 Å². The Balaban J connectivity index is 1.75. The molecule has 7 heteroatoms. The molecule has 0 radical (unpaired) electrons. The van der Waals surface area contributed by atoms with Gasteiger partial charge in [-0.05, 0) is 49.2 Å². The molecule has 0 aliphatic carbocycles. The van der Waals surface area contributed by atoms with E-state index in [4.69, 9.17) is 16.3 Å². The maximum absolute atomic E-state index is 12.6. The van der Waals surface area contributed by atoms with Crippen molar-refractivity contribution >= 4 is 40.1 Å². The van der Waals surface area contributed by atoms with Crippen LogP contribution in [-0.2, 0) is 4.79 Å². The molecule has 0 spiro atoms. The molecular formula is C23H20ClN3O2S. The van der Waals surface area contributed by atoms with E-state index in [9.17, 15) is 10.1 Å². The Morgan fingerprint density at radius 2 is 2.07 bits per heavy atom. The Kier molecular flexibility index (Phi) is 7.23. The summed E-state index contributed by atoms with van der Waals surface area (Å²) in [5.41, 5.74) is 2.36. The molecule has 0 fully saturated rings. The molecule has 0 saturated heterocycles. The van der Waals surface area contributed by atoms with E-state index in [1.54, 1.807) is 18.2 Å². The SMILES string of the molecule is CCCOc1ccc(/C=C(\C#N)C(=O)Nc2nc(-c3cccc(Cl)c3)c(C)s2)cc1. The number of hydrogen-bond donors (Lipinski definition) is 1. The van der Waals surface area contributed by atoms with Gasteiger partial charge in [0.25, 0.3) is 5.91 Å². The first-order valence-electron chi connectivity index (χ1n) is 9.39. The van der Waals surface area contributed by atoms with Crippen LogP contribution in [0.5, 0.6) is 5.75 Å². The lowest BCUT2D eigenvalue weighted by Crippen LogP contribution is -2.13. The topological polar surface area (TPSA) is 75.0 Å². The maximum Gasteiger partial charge on any atom is 0.268 e. The Hall–Kier alpha value is -3.14. The summed E-state index contributed by atoms with van der Waals surface area (Å²) in [5, 5.41) is 13.2. The van der Waals surface area contributed by atoms with E-state index in [1.807, 2.05) is 50.2 Å². The van der Waals surface area contributed by atoms with Crippen molar-refractivity contribution in [2.75, 3.05) is 11.9 Å². The summed E-state index contributed by atoms with van der Waals surface area (Å²) >= 11 is 7.41. The zero-order chi connectivity index (χ0) is 21.5. The van der Waals surface area contributed by atoms with E-state index < -0.39 is 5.91 Å². The molecular weight excluding hydrogens is 418 g/mol. The number of rotatable bonds is 7. The second-order valence-electron chi connectivity index (χ2n) is 6.48. The molecule has 1 aromatic heterocycles. The van der Waals surface area contributed by atoms with E-state index in [0.717, 1.165) is 33.9 Å². The van der Waals surface area contributed by atoms with Gasteiger partial charge < -0.3 is 4.74 Å². The number of aromatic nitrogens is 1. The smallest absolute Gasteiger partial charge is 0.268 e. The first-order valence-corrected chi connectivity index (χ1v) is 10.6. The fourth-order valence-corrected chi connectivity index (χ4v) is 3.73. The second-order valence-corrected chi connectivity index (χ2v) is 8.12. The quantitative estimate of drug-likeness (QED) is 0.357. The molecule has 1 heterocycles. The van der Waals surface area contributed by atoms with Crippen LogP contribution in [0, 0.1) is 18.3 Å². The molecule has 0 unspecified atom stereocenters. The molecule has 0 aliphatic rings. The Bertz CT molecular complexity index is 1110. The standard InChI is InChI=1S/C23H20ClN3O2S/c1-3-11-29-20-9-7-16(8-10-20)12-18(14-25)22(28)27-23-26-21(15(2)30-23)17-5-4-6-19(24)13-17/h4-10,12-13H,3,11H2,1-2H3,(H,26,27,28)/b18-12+. The Labute approximate surface area is 184 Å². The predicted molar refractivity (Wildman–Crippen MR) is 122 cm³/mol. The van der Waals surface area contributed by atoms with Crippen molar-refractivity contribution in [3.63, 3.8) is 0 Å². The first-order chi connectivity index (χ1) is 14.5. The summed E-state index contributed by atoms with van der Waals surface area (Å²) in [6.45, 7) is 4.61. The largest absolute Gasteiger partial charge is 0.494 e. The van der Waals surface area contributed by atoms with Crippen LogP contribution in [0.1, 0.15) is 23.8 Å². The average molecular weight is 438 g/mol. The van der Waals surface area contributed by atoms with E-state index >= 15 is 0 Å². The van der Waals surface area contributed by atoms with Gasteiger partial charge in [-0.25, -0.2) is 4.98 Å². The number of amides is 1. The molecule has 1 amide bonds. The van der Waals surface area contributed by atoms with Crippen LogP contribution in [0.4, 0.5) is 5.13 Å². The number of benzene rings is 2. The van der Waals surface area contributed by atoms with Gasteiger partial charge in [-0.3, -0.25) is 10.1 Å². The number of hydrogen-bond acceptors (Lipinski definition) is 5. The highest BCUT2D eigenvalue weighted by atomic mass is 35.5. The van der Waals surface area contributed by atoms with E-state index in [2.05, 4.69) is 10.3 Å². The van der Waals surface area contributed by atoms with Crippen LogP contribution in [0.2, 0.25) is 5.02 Å². The highest BCUT2D eigenvalue weighted by Crippen LogP contribution is 2.31. The predicted octanol–water partition coefficient (Wildman–Crippen LogP) is 6.11. The first kappa shape index (κ1) is 21.6. The van der Waals surface area contributed by atoms with Crippen molar-refractivity contribution in [1.82, 2.24) is 4.98 Å². The minimum atomic E-state index is -0.504. The lowest BCUT2D eigenvalue weighted by atomic mass is 10.1. The third-order valence-electron chi connectivity index (χ3n) is 4.14. The Morgan fingerprint density at radius 3 is 2.73 bits per heavy atom. The van der Waals surface area contributed by atoms with Gasteiger partial charge in [0.1, 0.15) is 17.4 Å². The van der Waals surface area contributed by atoms with Crippen LogP contribution in [0.15, 0.2) is 54.1 Å². The van der Waals surface area contributed by atoms with Crippen LogP contribution in [0.3, 0.4) is 0 Å². The van der Waals surface area contributed by atoms with Crippen molar-refractivity contribution in [2.24, 2.45) is 0 Å². The van der Waals surface area contributed by atoms with Crippen molar-refractivity contribution in [2.45, 2.75) is 20.3 Å². The summed E-state index contributed by atoms with van der Waals surface area (Å²) in [5.74, 6) is 0.249. The molecule has 0 aliphatic heterocycles. The number of nitrogens with one attached hydrogen (secondary N) is 1. The lowest BCUT2D eigenvalue weighted by Gasteiger charge is -2.04. The number of nitriles is 1. The summed E-state index contributed by atoms with van der Waals surface area (Å²) in [6, 6.07) is 16.6. The molecule has 0 atom stereocenters. The summed E-state index contributed by atoms with van der Waals surface area (Å²) in [4.78, 5) is 18.0. The van der Waals surface area contributed by atoms with Gasteiger partial charge in [-0.1, -0.05) is 42.8 Å². The number of carbonyl (C=O) groups is 1. The van der Waals surface area contributed by atoms with E-state index in [1.165, 1.54) is 17.4 Å². The Morgan fingerprint density at radius 1 is 1.30 bits per heavy atom. The molecule has 152 valence electrons. The van der Waals surface area contributed by atoms with Gasteiger partial charge in [0.05, 0.1) is 12.3 Å². The average Bonchev–Trinajstić information content (AvgIpc) is 3.11. The molecule has 5 nitrogen and oxygen atoms in total. The van der Waals surface area contributed by atoms with Crippen molar-refractivity contribution < 1.29 is 9.53 Å². The van der Waals surface area contributed by atoms with E-state index in [-0.39, 0.29) is 5.57 Å². The van der Waals surface area contributed by atoms with Crippen molar-refractivity contribution in [3.8, 4) is 23.1 Å². The van der Waals surface area contributed by atoms with Crippen LogP contribution >= 0.6 is 22.9 Å².